The zero-order valence-electron chi connectivity index (χ0n) is 20.9. The van der Waals surface area contributed by atoms with Gasteiger partial charge in [-0.05, 0) is 79.8 Å². The summed E-state index contributed by atoms with van der Waals surface area (Å²) in [5.74, 6) is 0.367. The largest absolute Gasteiger partial charge is 0.0843 e. The lowest BCUT2D eigenvalue weighted by molar-refractivity contribution is 0.790. The van der Waals surface area contributed by atoms with E-state index in [9.17, 15) is 0 Å². The van der Waals surface area contributed by atoms with Crippen molar-refractivity contribution in [3.8, 4) is 22.3 Å². The van der Waals surface area contributed by atoms with Gasteiger partial charge in [0, 0.05) is 10.9 Å². The van der Waals surface area contributed by atoms with Crippen LogP contribution in [0.2, 0.25) is 5.02 Å². The van der Waals surface area contributed by atoms with Gasteiger partial charge in [-0.3, -0.25) is 0 Å². The third-order valence-electron chi connectivity index (χ3n) is 8.72. The highest BCUT2D eigenvalue weighted by Crippen LogP contribution is 2.64. The van der Waals surface area contributed by atoms with Gasteiger partial charge in [-0.2, -0.15) is 0 Å². The molecule has 1 unspecified atom stereocenters. The molecule has 0 fully saturated rings. The Balaban J connectivity index is 1.36. The van der Waals surface area contributed by atoms with E-state index in [0.29, 0.717) is 5.92 Å². The fraction of sp³-hybridized carbons (Fsp3) is 0.0811. The first-order valence-electron chi connectivity index (χ1n) is 13.3. The van der Waals surface area contributed by atoms with Crippen LogP contribution in [0.5, 0.6) is 0 Å². The van der Waals surface area contributed by atoms with Crippen molar-refractivity contribution in [3.63, 3.8) is 0 Å². The summed E-state index contributed by atoms with van der Waals surface area (Å²) in [6, 6.07) is 42.2. The molecule has 0 bridgehead atoms. The highest BCUT2D eigenvalue weighted by Gasteiger charge is 2.52. The third-order valence-corrected chi connectivity index (χ3v) is 8.97. The third kappa shape index (κ3) is 2.87. The van der Waals surface area contributed by atoms with Crippen LogP contribution in [0.3, 0.4) is 0 Å². The maximum atomic E-state index is 6.15. The van der Waals surface area contributed by atoms with Gasteiger partial charge < -0.3 is 0 Å². The number of allylic oxidation sites excluding steroid dienone is 4. The van der Waals surface area contributed by atoms with Crippen LogP contribution in [0.25, 0.3) is 27.8 Å². The Bertz CT molecular complexity index is 1740. The summed E-state index contributed by atoms with van der Waals surface area (Å²) in [6.07, 6.45) is 8.10. The second-order valence-electron chi connectivity index (χ2n) is 10.5. The average Bonchev–Trinajstić information content (AvgIpc) is 3.45. The first-order valence-corrected chi connectivity index (χ1v) is 13.7. The Morgan fingerprint density at radius 2 is 1.08 bits per heavy atom. The predicted molar refractivity (Wildman–Crippen MR) is 159 cm³/mol. The monoisotopic (exact) mass is 504 g/mol. The van der Waals surface area contributed by atoms with Crippen LogP contribution in [0, 0.1) is 0 Å². The van der Waals surface area contributed by atoms with E-state index in [1.807, 2.05) is 12.1 Å². The number of rotatable bonds is 2. The molecule has 0 radical (unpaired) electrons. The van der Waals surface area contributed by atoms with E-state index in [1.54, 1.807) is 0 Å². The zero-order valence-corrected chi connectivity index (χ0v) is 21.6. The minimum atomic E-state index is -0.322. The van der Waals surface area contributed by atoms with Crippen molar-refractivity contribution in [1.29, 1.82) is 0 Å². The number of hydrogen-bond acceptors (Lipinski definition) is 0. The summed E-state index contributed by atoms with van der Waals surface area (Å²) in [5.41, 5.74) is 14.6. The van der Waals surface area contributed by atoms with Crippen molar-refractivity contribution < 1.29 is 0 Å². The van der Waals surface area contributed by atoms with Gasteiger partial charge >= 0.3 is 0 Å². The smallest absolute Gasteiger partial charge is 0.0731 e. The van der Waals surface area contributed by atoms with Crippen molar-refractivity contribution in [2.24, 2.45) is 0 Å². The van der Waals surface area contributed by atoms with E-state index < -0.39 is 0 Å². The molecule has 0 nitrogen and oxygen atoms in total. The molecule has 5 aromatic carbocycles. The summed E-state index contributed by atoms with van der Waals surface area (Å²) < 4.78 is 0. The summed E-state index contributed by atoms with van der Waals surface area (Å²) in [7, 11) is 0. The summed E-state index contributed by atoms with van der Waals surface area (Å²) in [6.45, 7) is 0. The normalized spacial score (nSPS) is 17.5. The van der Waals surface area contributed by atoms with Gasteiger partial charge in [-0.15, -0.1) is 0 Å². The van der Waals surface area contributed by atoms with Crippen molar-refractivity contribution >= 4 is 17.2 Å². The summed E-state index contributed by atoms with van der Waals surface area (Å²) in [5, 5.41) is 0.784. The molecule has 0 N–H and O–H groups in total. The van der Waals surface area contributed by atoms with Gasteiger partial charge in [0.15, 0.2) is 0 Å². The van der Waals surface area contributed by atoms with Crippen molar-refractivity contribution in [3.05, 3.63) is 172 Å². The fourth-order valence-corrected chi connectivity index (χ4v) is 7.30. The van der Waals surface area contributed by atoms with Gasteiger partial charge in [0.25, 0.3) is 0 Å². The van der Waals surface area contributed by atoms with E-state index in [-0.39, 0.29) is 5.41 Å². The minimum Gasteiger partial charge on any atom is -0.0843 e. The number of fused-ring (bicyclic) bond motifs is 10. The summed E-state index contributed by atoms with van der Waals surface area (Å²) >= 11 is 6.15. The molecule has 0 amide bonds. The molecule has 1 spiro atoms. The lowest BCUT2D eigenvalue weighted by Crippen LogP contribution is -2.27. The Kier molecular flexibility index (Phi) is 4.72. The highest BCUT2D eigenvalue weighted by molar-refractivity contribution is 6.30. The first-order chi connectivity index (χ1) is 18.8. The Morgan fingerprint density at radius 1 is 0.553 bits per heavy atom. The van der Waals surface area contributed by atoms with Crippen molar-refractivity contribution in [2.45, 2.75) is 17.8 Å². The summed E-state index contributed by atoms with van der Waals surface area (Å²) in [4.78, 5) is 0. The molecule has 0 aliphatic heterocycles. The van der Waals surface area contributed by atoms with Gasteiger partial charge in [-0.1, -0.05) is 133 Å². The molecule has 8 rings (SSSR count). The SMILES string of the molecule is Clc1ccc(C2C=CC(c3cccc4c3C3(c5ccccc5-c5ccccc53)c3ccccc3-4)=CC2)cc1. The molecule has 180 valence electrons. The lowest BCUT2D eigenvalue weighted by Gasteiger charge is -2.32. The molecule has 1 atom stereocenters. The van der Waals surface area contributed by atoms with Crippen LogP contribution < -0.4 is 0 Å². The Morgan fingerprint density at radius 3 is 1.66 bits per heavy atom. The number of hydrogen-bond donors (Lipinski definition) is 0. The Hall–Kier alpha value is -4.13. The molecule has 0 heterocycles. The molecule has 38 heavy (non-hydrogen) atoms. The molecule has 1 heteroatoms. The van der Waals surface area contributed by atoms with E-state index in [4.69, 9.17) is 11.6 Å². The van der Waals surface area contributed by atoms with Crippen LogP contribution in [-0.2, 0) is 5.41 Å². The molecule has 0 aromatic heterocycles. The van der Waals surface area contributed by atoms with E-state index in [1.165, 1.54) is 61.2 Å². The van der Waals surface area contributed by atoms with Crippen LogP contribution >= 0.6 is 11.6 Å². The number of halogens is 1. The second-order valence-corrected chi connectivity index (χ2v) is 11.0. The predicted octanol–water partition coefficient (Wildman–Crippen LogP) is 9.81. The molecule has 0 saturated heterocycles. The molecule has 3 aliphatic rings. The molecule has 5 aromatic rings. The van der Waals surface area contributed by atoms with E-state index >= 15 is 0 Å². The van der Waals surface area contributed by atoms with Gasteiger partial charge in [0.2, 0.25) is 0 Å². The van der Waals surface area contributed by atoms with Crippen LogP contribution in [0.15, 0.2) is 133 Å². The Labute approximate surface area is 228 Å². The lowest BCUT2D eigenvalue weighted by atomic mass is 9.68. The molecule has 3 aliphatic carbocycles. The van der Waals surface area contributed by atoms with E-state index in [0.717, 1.165) is 11.4 Å². The van der Waals surface area contributed by atoms with Gasteiger partial charge in [0.1, 0.15) is 0 Å². The quantitative estimate of drug-likeness (QED) is 0.220. The second kappa shape index (κ2) is 8.18. The zero-order chi connectivity index (χ0) is 25.3. The average molecular weight is 505 g/mol. The van der Waals surface area contributed by atoms with Crippen LogP contribution in [0.4, 0.5) is 0 Å². The van der Waals surface area contributed by atoms with Crippen molar-refractivity contribution in [1.82, 2.24) is 0 Å². The number of benzene rings is 5. The van der Waals surface area contributed by atoms with Gasteiger partial charge in [0.05, 0.1) is 5.41 Å². The van der Waals surface area contributed by atoms with Gasteiger partial charge in [-0.25, -0.2) is 0 Å². The minimum absolute atomic E-state index is 0.322. The van der Waals surface area contributed by atoms with Crippen LogP contribution in [0.1, 0.15) is 45.7 Å². The fourth-order valence-electron chi connectivity index (χ4n) is 7.17. The van der Waals surface area contributed by atoms with E-state index in [2.05, 4.69) is 121 Å². The van der Waals surface area contributed by atoms with Crippen molar-refractivity contribution in [2.75, 3.05) is 0 Å². The standard InChI is InChI=1S/C37H25Cl/c38-27-22-20-25(21-23-27)24-16-18-26(19-17-24)28-11-7-12-32-31-10-3-6-15-35(31)37(36(28)32)33-13-4-1-8-29(33)30-9-2-5-14-34(30)37/h1-16,18-24H,17H2. The molecule has 0 saturated carbocycles. The molecular formula is C37H25Cl. The van der Waals surface area contributed by atoms with Crippen LogP contribution in [-0.4, -0.2) is 0 Å². The maximum absolute atomic E-state index is 6.15. The first kappa shape index (κ1) is 21.9. The molecular weight excluding hydrogens is 480 g/mol. The topological polar surface area (TPSA) is 0 Å². The maximum Gasteiger partial charge on any atom is 0.0731 e. The highest BCUT2D eigenvalue weighted by atomic mass is 35.5.